The second-order valence-electron chi connectivity index (χ2n) is 8.46. The number of carbonyl (C=O) groups is 3. The first-order valence-electron chi connectivity index (χ1n) is 12.1. The van der Waals surface area contributed by atoms with Crippen LogP contribution in [0.25, 0.3) is 0 Å². The van der Waals surface area contributed by atoms with Crippen LogP contribution in [0.5, 0.6) is 5.75 Å². The first-order valence-corrected chi connectivity index (χ1v) is 12.1. The van der Waals surface area contributed by atoms with E-state index in [0.29, 0.717) is 17.7 Å². The maximum atomic E-state index is 13.6. The van der Waals surface area contributed by atoms with Crippen molar-refractivity contribution in [1.82, 2.24) is 15.5 Å². The SMILES string of the molecule is COc1ccc(CCN(C(=O)CNC(=O)c2ccco2)[C@@H](C(=O)NCc2ccco2)c2ccccc2)cc1. The minimum atomic E-state index is -0.933. The molecule has 0 unspecified atom stereocenters. The van der Waals surface area contributed by atoms with Crippen LogP contribution in [0.4, 0.5) is 0 Å². The zero-order valence-corrected chi connectivity index (χ0v) is 21.0. The Morgan fingerprint density at radius 3 is 2.26 bits per heavy atom. The summed E-state index contributed by atoms with van der Waals surface area (Å²) in [6.45, 7) is 0.0946. The van der Waals surface area contributed by atoms with Gasteiger partial charge in [0.15, 0.2) is 5.76 Å². The molecule has 0 aliphatic heterocycles. The Morgan fingerprint density at radius 1 is 0.868 bits per heavy atom. The molecule has 0 radical (unpaired) electrons. The number of carbonyl (C=O) groups excluding carboxylic acids is 3. The molecule has 0 saturated heterocycles. The molecule has 196 valence electrons. The van der Waals surface area contributed by atoms with E-state index in [0.717, 1.165) is 11.3 Å². The number of nitrogens with one attached hydrogen (secondary N) is 2. The van der Waals surface area contributed by atoms with Crippen LogP contribution in [0.15, 0.2) is 100 Å². The number of hydrogen-bond acceptors (Lipinski definition) is 6. The van der Waals surface area contributed by atoms with E-state index in [2.05, 4.69) is 10.6 Å². The minimum Gasteiger partial charge on any atom is -0.497 e. The van der Waals surface area contributed by atoms with E-state index in [9.17, 15) is 14.4 Å². The molecule has 9 nitrogen and oxygen atoms in total. The zero-order valence-electron chi connectivity index (χ0n) is 21.0. The molecule has 2 aromatic carbocycles. The number of methoxy groups -OCH3 is 1. The quantitative estimate of drug-likeness (QED) is 0.297. The summed E-state index contributed by atoms with van der Waals surface area (Å²) in [6, 6.07) is 22.2. The van der Waals surface area contributed by atoms with E-state index >= 15 is 0 Å². The number of nitrogens with zero attached hydrogens (tertiary/aromatic N) is 1. The van der Waals surface area contributed by atoms with Gasteiger partial charge in [-0.2, -0.15) is 0 Å². The molecule has 0 fully saturated rings. The Hall–Kier alpha value is -4.79. The van der Waals surface area contributed by atoms with E-state index in [-0.39, 0.29) is 31.3 Å². The van der Waals surface area contributed by atoms with Crippen molar-refractivity contribution in [2.75, 3.05) is 20.2 Å². The molecule has 4 rings (SSSR count). The maximum Gasteiger partial charge on any atom is 0.287 e. The molecule has 9 heteroatoms. The monoisotopic (exact) mass is 515 g/mol. The van der Waals surface area contributed by atoms with Gasteiger partial charge >= 0.3 is 0 Å². The highest BCUT2D eigenvalue weighted by Gasteiger charge is 2.31. The predicted molar refractivity (Wildman–Crippen MR) is 139 cm³/mol. The van der Waals surface area contributed by atoms with Gasteiger partial charge in [0.2, 0.25) is 11.8 Å². The molecule has 1 atom stereocenters. The fourth-order valence-corrected chi connectivity index (χ4v) is 3.98. The van der Waals surface area contributed by atoms with Gasteiger partial charge in [0.25, 0.3) is 5.91 Å². The molecule has 2 aromatic heterocycles. The van der Waals surface area contributed by atoms with Crippen molar-refractivity contribution in [1.29, 1.82) is 0 Å². The fraction of sp³-hybridized carbons (Fsp3) is 0.207. The summed E-state index contributed by atoms with van der Waals surface area (Å²) in [7, 11) is 1.60. The number of hydrogen-bond donors (Lipinski definition) is 2. The Kier molecular flexibility index (Phi) is 8.96. The van der Waals surface area contributed by atoms with Crippen molar-refractivity contribution in [3.05, 3.63) is 114 Å². The topological polar surface area (TPSA) is 114 Å². The van der Waals surface area contributed by atoms with Gasteiger partial charge < -0.3 is 29.1 Å². The molecular formula is C29H29N3O6. The van der Waals surface area contributed by atoms with Crippen molar-refractivity contribution in [2.24, 2.45) is 0 Å². The molecule has 0 spiro atoms. The number of amides is 3. The maximum absolute atomic E-state index is 13.6. The molecule has 2 heterocycles. The lowest BCUT2D eigenvalue weighted by molar-refractivity contribution is -0.140. The Morgan fingerprint density at radius 2 is 1.61 bits per heavy atom. The van der Waals surface area contributed by atoms with E-state index in [1.54, 1.807) is 37.4 Å². The third-order valence-corrected chi connectivity index (χ3v) is 5.96. The Balaban J connectivity index is 1.57. The van der Waals surface area contributed by atoms with Crippen LogP contribution in [0.3, 0.4) is 0 Å². The highest BCUT2D eigenvalue weighted by Crippen LogP contribution is 2.23. The number of benzene rings is 2. The molecule has 0 saturated carbocycles. The average Bonchev–Trinajstić information content (AvgIpc) is 3.68. The summed E-state index contributed by atoms with van der Waals surface area (Å²) in [6.07, 6.45) is 3.39. The van der Waals surface area contributed by atoms with Crippen LogP contribution in [-0.4, -0.2) is 42.8 Å². The van der Waals surface area contributed by atoms with Gasteiger partial charge in [0.1, 0.15) is 17.6 Å². The summed E-state index contributed by atoms with van der Waals surface area (Å²) in [4.78, 5) is 41.0. The second-order valence-corrected chi connectivity index (χ2v) is 8.46. The second kappa shape index (κ2) is 13.0. The van der Waals surface area contributed by atoms with Crippen LogP contribution >= 0.6 is 0 Å². The van der Waals surface area contributed by atoms with Crippen LogP contribution in [-0.2, 0) is 22.6 Å². The van der Waals surface area contributed by atoms with Crippen LogP contribution in [0, 0.1) is 0 Å². The van der Waals surface area contributed by atoms with Crippen molar-refractivity contribution in [3.8, 4) is 5.75 Å². The van der Waals surface area contributed by atoms with Crippen LogP contribution in [0.2, 0.25) is 0 Å². The fourth-order valence-electron chi connectivity index (χ4n) is 3.98. The van der Waals surface area contributed by atoms with Gasteiger partial charge in [-0.3, -0.25) is 14.4 Å². The van der Waals surface area contributed by atoms with Crippen molar-refractivity contribution in [2.45, 2.75) is 19.0 Å². The summed E-state index contributed by atoms with van der Waals surface area (Å²) in [5.41, 5.74) is 1.61. The molecule has 0 aliphatic carbocycles. The van der Waals surface area contributed by atoms with Crippen LogP contribution in [0.1, 0.15) is 33.5 Å². The highest BCUT2D eigenvalue weighted by atomic mass is 16.5. The predicted octanol–water partition coefficient (Wildman–Crippen LogP) is 3.74. The smallest absolute Gasteiger partial charge is 0.287 e. The van der Waals surface area contributed by atoms with E-state index in [1.807, 2.05) is 42.5 Å². The first-order chi connectivity index (χ1) is 18.5. The number of furan rings is 2. The van der Waals surface area contributed by atoms with Crippen molar-refractivity contribution < 1.29 is 28.0 Å². The molecule has 0 bridgehead atoms. The van der Waals surface area contributed by atoms with E-state index in [4.69, 9.17) is 13.6 Å². The third kappa shape index (κ3) is 6.91. The molecule has 4 aromatic rings. The average molecular weight is 516 g/mol. The van der Waals surface area contributed by atoms with Crippen LogP contribution < -0.4 is 15.4 Å². The molecular weight excluding hydrogens is 486 g/mol. The summed E-state index contributed by atoms with van der Waals surface area (Å²) < 4.78 is 15.7. The molecule has 3 amide bonds. The highest BCUT2D eigenvalue weighted by molar-refractivity contribution is 5.95. The normalized spacial score (nSPS) is 11.4. The van der Waals surface area contributed by atoms with Gasteiger partial charge in [0, 0.05) is 6.54 Å². The molecule has 38 heavy (non-hydrogen) atoms. The number of ether oxygens (including phenoxy) is 1. The summed E-state index contributed by atoms with van der Waals surface area (Å²) in [5, 5.41) is 5.47. The minimum absolute atomic E-state index is 0.0957. The largest absolute Gasteiger partial charge is 0.497 e. The number of rotatable bonds is 12. The van der Waals surface area contributed by atoms with E-state index in [1.165, 1.54) is 23.5 Å². The zero-order chi connectivity index (χ0) is 26.7. The Labute approximate surface area is 220 Å². The van der Waals surface area contributed by atoms with Gasteiger partial charge in [-0.15, -0.1) is 0 Å². The lowest BCUT2D eigenvalue weighted by Gasteiger charge is -2.31. The van der Waals surface area contributed by atoms with Crippen molar-refractivity contribution in [3.63, 3.8) is 0 Å². The summed E-state index contributed by atoms with van der Waals surface area (Å²) >= 11 is 0. The standard InChI is InChI=1S/C29H29N3O6/c1-36-23-13-11-21(12-14-23)15-16-32(26(33)20-31-28(34)25-10-6-18-38-25)27(22-7-3-2-4-8-22)29(35)30-19-24-9-5-17-37-24/h2-14,17-18,27H,15-16,19-20H2,1H3,(H,30,35)(H,31,34)/t27-/m1/s1. The lowest BCUT2D eigenvalue weighted by atomic mass is 10.0. The third-order valence-electron chi connectivity index (χ3n) is 5.96. The molecule has 0 aliphatic rings. The van der Waals surface area contributed by atoms with Gasteiger partial charge in [-0.25, -0.2) is 0 Å². The van der Waals surface area contributed by atoms with Gasteiger partial charge in [-0.05, 0) is 53.9 Å². The summed E-state index contributed by atoms with van der Waals surface area (Å²) in [5.74, 6) is 0.109. The first kappa shape index (κ1) is 26.3. The van der Waals surface area contributed by atoms with Crippen molar-refractivity contribution >= 4 is 17.7 Å². The molecule has 2 N–H and O–H groups in total. The van der Waals surface area contributed by atoms with E-state index < -0.39 is 17.9 Å². The van der Waals surface area contributed by atoms with Gasteiger partial charge in [0.05, 0.1) is 32.7 Å². The van der Waals surface area contributed by atoms with Gasteiger partial charge in [-0.1, -0.05) is 42.5 Å². The lowest BCUT2D eigenvalue weighted by Crippen LogP contribution is -2.48. The Bertz CT molecular complexity index is 1300.